The molecule has 0 saturated heterocycles. The minimum Gasteiger partial charge on any atom is -0.478 e. The van der Waals surface area contributed by atoms with E-state index in [0.29, 0.717) is 17.7 Å². The number of aliphatic carboxylic acids is 1. The van der Waals surface area contributed by atoms with Gasteiger partial charge in [0.15, 0.2) is 0 Å². The molecule has 0 aromatic carbocycles. The fourth-order valence-electron chi connectivity index (χ4n) is 1.75. The molecule has 6 heteroatoms. The molecule has 2 aromatic heterocycles. The molecule has 0 fully saturated rings. The highest BCUT2D eigenvalue weighted by Crippen LogP contribution is 2.15. The third-order valence-corrected chi connectivity index (χ3v) is 3.72. The smallest absolute Gasteiger partial charge is 0.328 e. The van der Waals surface area contributed by atoms with Crippen LogP contribution in [0.15, 0.2) is 36.7 Å². The zero-order valence-electron chi connectivity index (χ0n) is 11.4. The molecule has 2 heterocycles. The number of hydrogen-bond donors (Lipinski definition) is 2. The molecule has 0 saturated carbocycles. The Balaban J connectivity index is 2.10. The van der Waals surface area contributed by atoms with Gasteiger partial charge in [-0.2, -0.15) is 0 Å². The fraction of sp³-hybridized carbons (Fsp3) is 0.133. The summed E-state index contributed by atoms with van der Waals surface area (Å²) in [5.41, 5.74) is 0.871. The Kier molecular flexibility index (Phi) is 4.84. The molecule has 1 amide bonds. The van der Waals surface area contributed by atoms with E-state index in [1.165, 1.54) is 23.3 Å². The van der Waals surface area contributed by atoms with E-state index in [4.69, 9.17) is 5.11 Å². The summed E-state index contributed by atoms with van der Waals surface area (Å²) in [6.45, 7) is 2.45. The van der Waals surface area contributed by atoms with Crippen LogP contribution in [0.4, 0.5) is 0 Å². The van der Waals surface area contributed by atoms with Crippen molar-refractivity contribution in [1.29, 1.82) is 0 Å². The summed E-state index contributed by atoms with van der Waals surface area (Å²) in [6, 6.07) is 5.54. The first-order valence-corrected chi connectivity index (χ1v) is 7.06. The quantitative estimate of drug-likeness (QED) is 0.832. The van der Waals surface area contributed by atoms with E-state index in [2.05, 4.69) is 10.3 Å². The third kappa shape index (κ3) is 4.25. The van der Waals surface area contributed by atoms with Crippen LogP contribution in [-0.4, -0.2) is 22.0 Å². The normalized spacial score (nSPS) is 10.7. The summed E-state index contributed by atoms with van der Waals surface area (Å²) >= 11 is 1.62. The van der Waals surface area contributed by atoms with E-state index >= 15 is 0 Å². The molecule has 2 N–H and O–H groups in total. The minimum absolute atomic E-state index is 0.256. The molecule has 0 bridgehead atoms. The maximum atomic E-state index is 12.2. The Morgan fingerprint density at radius 3 is 2.86 bits per heavy atom. The Morgan fingerprint density at radius 1 is 1.38 bits per heavy atom. The lowest BCUT2D eigenvalue weighted by atomic mass is 10.1. The predicted octanol–water partition coefficient (Wildman–Crippen LogP) is 2.48. The number of amides is 1. The topological polar surface area (TPSA) is 79.3 Å². The van der Waals surface area contributed by atoms with Crippen molar-refractivity contribution >= 4 is 29.3 Å². The second-order valence-electron chi connectivity index (χ2n) is 4.33. The molecule has 5 nitrogen and oxygen atoms in total. The Morgan fingerprint density at radius 2 is 2.19 bits per heavy atom. The number of carbonyl (C=O) groups is 2. The second kappa shape index (κ2) is 6.81. The van der Waals surface area contributed by atoms with E-state index in [9.17, 15) is 9.59 Å². The van der Waals surface area contributed by atoms with E-state index in [1.807, 2.05) is 19.1 Å². The molecule has 2 rings (SSSR count). The number of carboxylic acid groups (broad SMARTS) is 1. The number of pyridine rings is 1. The maximum Gasteiger partial charge on any atom is 0.328 e. The van der Waals surface area contributed by atoms with Crippen LogP contribution in [-0.2, 0) is 11.3 Å². The van der Waals surface area contributed by atoms with Crippen LogP contribution in [0.5, 0.6) is 0 Å². The number of hydrogen-bond acceptors (Lipinski definition) is 4. The zero-order chi connectivity index (χ0) is 15.2. The zero-order valence-corrected chi connectivity index (χ0v) is 12.2. The van der Waals surface area contributed by atoms with Crippen molar-refractivity contribution in [2.45, 2.75) is 13.5 Å². The summed E-state index contributed by atoms with van der Waals surface area (Å²) in [6.07, 6.45) is 5.31. The van der Waals surface area contributed by atoms with Crippen molar-refractivity contribution in [2.75, 3.05) is 0 Å². The van der Waals surface area contributed by atoms with Gasteiger partial charge < -0.3 is 10.4 Å². The molecule has 0 unspecified atom stereocenters. The molecule has 0 atom stereocenters. The first kappa shape index (κ1) is 14.9. The molecular formula is C15H14N2O3S. The SMILES string of the molecule is Cc1ccc(CNC(=O)c2ccncc2C=CC(=O)O)s1. The van der Waals surface area contributed by atoms with Crippen LogP contribution < -0.4 is 5.32 Å². The van der Waals surface area contributed by atoms with E-state index in [-0.39, 0.29) is 5.91 Å². The molecule has 2 aromatic rings. The van der Waals surface area contributed by atoms with Crippen LogP contribution in [0.3, 0.4) is 0 Å². The minimum atomic E-state index is -1.07. The first-order chi connectivity index (χ1) is 10.1. The number of nitrogens with one attached hydrogen (secondary N) is 1. The summed E-state index contributed by atoms with van der Waals surface area (Å²) in [4.78, 5) is 28.9. The van der Waals surface area contributed by atoms with Crippen molar-refractivity contribution < 1.29 is 14.7 Å². The van der Waals surface area contributed by atoms with Crippen LogP contribution in [0.2, 0.25) is 0 Å². The van der Waals surface area contributed by atoms with Gasteiger partial charge in [-0.3, -0.25) is 9.78 Å². The van der Waals surface area contributed by atoms with Gasteiger partial charge in [-0.05, 0) is 31.2 Å². The van der Waals surface area contributed by atoms with Gasteiger partial charge in [-0.25, -0.2) is 4.79 Å². The molecule has 0 radical (unpaired) electrons. The highest BCUT2D eigenvalue weighted by molar-refractivity contribution is 7.11. The van der Waals surface area contributed by atoms with Crippen LogP contribution in [0.25, 0.3) is 6.08 Å². The number of carboxylic acids is 1. The van der Waals surface area contributed by atoms with Gasteiger partial charge in [0.1, 0.15) is 0 Å². The summed E-state index contributed by atoms with van der Waals surface area (Å²) < 4.78 is 0. The van der Waals surface area contributed by atoms with Crippen LogP contribution >= 0.6 is 11.3 Å². The van der Waals surface area contributed by atoms with Gasteiger partial charge in [0, 0.05) is 39.4 Å². The van der Waals surface area contributed by atoms with Gasteiger partial charge in [0.2, 0.25) is 0 Å². The number of aromatic nitrogens is 1. The molecule has 0 aliphatic rings. The summed E-state index contributed by atoms with van der Waals surface area (Å²) in [5, 5.41) is 11.5. The predicted molar refractivity (Wildman–Crippen MR) is 81.1 cm³/mol. The molecule has 108 valence electrons. The van der Waals surface area contributed by atoms with E-state index in [1.54, 1.807) is 17.4 Å². The first-order valence-electron chi connectivity index (χ1n) is 6.25. The van der Waals surface area contributed by atoms with Crippen molar-refractivity contribution in [1.82, 2.24) is 10.3 Å². The monoisotopic (exact) mass is 302 g/mol. The number of carbonyl (C=O) groups excluding carboxylic acids is 1. The van der Waals surface area contributed by atoms with Gasteiger partial charge in [-0.1, -0.05) is 0 Å². The van der Waals surface area contributed by atoms with E-state index < -0.39 is 5.97 Å². The molecule has 21 heavy (non-hydrogen) atoms. The van der Waals surface area contributed by atoms with Gasteiger partial charge in [0.25, 0.3) is 5.91 Å². The average Bonchev–Trinajstić information content (AvgIpc) is 2.88. The maximum absolute atomic E-state index is 12.2. The van der Waals surface area contributed by atoms with Crippen molar-refractivity contribution in [2.24, 2.45) is 0 Å². The average molecular weight is 302 g/mol. The van der Waals surface area contributed by atoms with Crippen LogP contribution in [0.1, 0.15) is 25.7 Å². The Labute approximate surface area is 126 Å². The van der Waals surface area contributed by atoms with Crippen molar-refractivity contribution in [3.05, 3.63) is 57.6 Å². The fourth-order valence-corrected chi connectivity index (χ4v) is 2.58. The van der Waals surface area contributed by atoms with Gasteiger partial charge in [0.05, 0.1) is 6.54 Å². The molecular weight excluding hydrogens is 288 g/mol. The standard InChI is InChI=1S/C15H14N2O3S/c1-10-2-4-12(21-10)9-17-15(20)13-6-7-16-8-11(13)3-5-14(18)19/h2-8H,9H2,1H3,(H,17,20)(H,18,19). The number of aryl methyl sites for hydroxylation is 1. The summed E-state index contributed by atoms with van der Waals surface area (Å²) in [7, 11) is 0. The Hall–Kier alpha value is -2.47. The van der Waals surface area contributed by atoms with E-state index in [0.717, 1.165) is 11.0 Å². The van der Waals surface area contributed by atoms with Crippen molar-refractivity contribution in [3.63, 3.8) is 0 Å². The summed E-state index contributed by atoms with van der Waals surface area (Å²) in [5.74, 6) is -1.33. The number of thiophene rings is 1. The highest BCUT2D eigenvalue weighted by atomic mass is 32.1. The lowest BCUT2D eigenvalue weighted by Gasteiger charge is -2.06. The molecule has 0 aliphatic heterocycles. The van der Waals surface area contributed by atoms with Gasteiger partial charge >= 0.3 is 5.97 Å². The second-order valence-corrected chi connectivity index (χ2v) is 5.70. The third-order valence-electron chi connectivity index (χ3n) is 2.72. The number of nitrogens with zero attached hydrogens (tertiary/aromatic N) is 1. The highest BCUT2D eigenvalue weighted by Gasteiger charge is 2.10. The van der Waals surface area contributed by atoms with Gasteiger partial charge in [-0.15, -0.1) is 11.3 Å². The lowest BCUT2D eigenvalue weighted by molar-refractivity contribution is -0.131. The largest absolute Gasteiger partial charge is 0.478 e. The molecule has 0 aliphatic carbocycles. The number of rotatable bonds is 5. The molecule has 0 spiro atoms. The van der Waals surface area contributed by atoms with Crippen molar-refractivity contribution in [3.8, 4) is 0 Å². The Bertz CT molecular complexity index is 692. The lowest BCUT2D eigenvalue weighted by Crippen LogP contribution is -2.23. The van der Waals surface area contributed by atoms with Crippen LogP contribution in [0, 0.1) is 6.92 Å².